The van der Waals surface area contributed by atoms with Gasteiger partial charge in [0.05, 0.1) is 6.42 Å². The minimum Gasteiger partial charge on any atom is -0.368 e. The van der Waals surface area contributed by atoms with Gasteiger partial charge in [0, 0.05) is 0 Å². The molecule has 5 heteroatoms. The van der Waals surface area contributed by atoms with Gasteiger partial charge in [-0.15, -0.1) is 0 Å². The van der Waals surface area contributed by atoms with Crippen LogP contribution in [0.15, 0.2) is 24.3 Å². The molecule has 0 radical (unpaired) electrons. The van der Waals surface area contributed by atoms with Crippen LogP contribution in [-0.4, -0.2) is 17.9 Å². The van der Waals surface area contributed by atoms with E-state index in [-0.39, 0.29) is 18.1 Å². The summed E-state index contributed by atoms with van der Waals surface area (Å²) in [6.07, 6.45) is 2.82. The SMILES string of the molecule is NC(=O)[C@H](CC1CC1)NC(=O)Cc1cccc(F)c1. The molecular weight excluding hydrogens is 247 g/mol. The molecule has 1 fully saturated rings. The van der Waals surface area contributed by atoms with Crippen molar-refractivity contribution in [1.29, 1.82) is 0 Å². The molecule has 102 valence electrons. The van der Waals surface area contributed by atoms with E-state index in [1.54, 1.807) is 12.1 Å². The third-order valence-electron chi connectivity index (χ3n) is 3.20. The Morgan fingerprint density at radius 3 is 2.74 bits per heavy atom. The maximum absolute atomic E-state index is 13.0. The van der Waals surface area contributed by atoms with E-state index in [2.05, 4.69) is 5.32 Å². The second kappa shape index (κ2) is 5.82. The highest BCUT2D eigenvalue weighted by Crippen LogP contribution is 2.33. The molecule has 1 aromatic carbocycles. The Labute approximate surface area is 111 Å². The van der Waals surface area contributed by atoms with Crippen LogP contribution in [0.5, 0.6) is 0 Å². The van der Waals surface area contributed by atoms with E-state index in [9.17, 15) is 14.0 Å². The summed E-state index contributed by atoms with van der Waals surface area (Å²) in [6, 6.07) is 5.23. The molecule has 2 rings (SSSR count). The second-order valence-corrected chi connectivity index (χ2v) is 5.01. The van der Waals surface area contributed by atoms with Crippen molar-refractivity contribution in [3.8, 4) is 0 Å². The summed E-state index contributed by atoms with van der Waals surface area (Å²) in [4.78, 5) is 23.1. The van der Waals surface area contributed by atoms with Gasteiger partial charge in [-0.25, -0.2) is 4.39 Å². The highest BCUT2D eigenvalue weighted by molar-refractivity contribution is 5.87. The molecule has 1 atom stereocenters. The van der Waals surface area contributed by atoms with E-state index in [0.29, 0.717) is 17.9 Å². The molecule has 0 heterocycles. The van der Waals surface area contributed by atoms with E-state index in [0.717, 1.165) is 12.8 Å². The van der Waals surface area contributed by atoms with Crippen molar-refractivity contribution >= 4 is 11.8 Å². The average molecular weight is 264 g/mol. The fourth-order valence-corrected chi connectivity index (χ4v) is 2.01. The highest BCUT2D eigenvalue weighted by atomic mass is 19.1. The first-order valence-electron chi connectivity index (χ1n) is 6.37. The lowest BCUT2D eigenvalue weighted by atomic mass is 10.1. The smallest absolute Gasteiger partial charge is 0.240 e. The van der Waals surface area contributed by atoms with E-state index < -0.39 is 11.9 Å². The predicted octanol–water partition coefficient (Wildman–Crippen LogP) is 1.14. The first-order chi connectivity index (χ1) is 9.04. The molecule has 0 saturated heterocycles. The Hall–Kier alpha value is -1.91. The lowest BCUT2D eigenvalue weighted by Gasteiger charge is -2.15. The average Bonchev–Trinajstić information content (AvgIpc) is 3.11. The van der Waals surface area contributed by atoms with Crippen molar-refractivity contribution in [2.45, 2.75) is 31.7 Å². The number of hydrogen-bond acceptors (Lipinski definition) is 2. The molecule has 0 aliphatic heterocycles. The third-order valence-corrected chi connectivity index (χ3v) is 3.20. The van der Waals surface area contributed by atoms with Gasteiger partial charge >= 0.3 is 0 Å². The van der Waals surface area contributed by atoms with Crippen molar-refractivity contribution in [2.75, 3.05) is 0 Å². The number of amides is 2. The number of rotatable bonds is 6. The standard InChI is InChI=1S/C14H17FN2O2/c15-11-3-1-2-10(6-11)8-13(18)17-12(14(16)19)7-9-4-5-9/h1-3,6,9,12H,4-5,7-8H2,(H2,16,19)(H,17,18)/t12-/m0/s1. The van der Waals surface area contributed by atoms with Gasteiger partial charge in [0.15, 0.2) is 0 Å². The number of nitrogens with two attached hydrogens (primary N) is 1. The summed E-state index contributed by atoms with van der Waals surface area (Å²) in [7, 11) is 0. The van der Waals surface area contributed by atoms with Crippen LogP contribution in [0, 0.1) is 11.7 Å². The Kier molecular flexibility index (Phi) is 4.14. The van der Waals surface area contributed by atoms with Crippen LogP contribution in [0.4, 0.5) is 4.39 Å². The van der Waals surface area contributed by atoms with Crippen LogP contribution in [0.2, 0.25) is 0 Å². The van der Waals surface area contributed by atoms with Gasteiger partial charge in [0.2, 0.25) is 11.8 Å². The molecule has 0 bridgehead atoms. The minimum absolute atomic E-state index is 0.0478. The summed E-state index contributed by atoms with van der Waals surface area (Å²) >= 11 is 0. The third kappa shape index (κ3) is 4.35. The van der Waals surface area contributed by atoms with Crippen molar-refractivity contribution in [3.63, 3.8) is 0 Å². The maximum atomic E-state index is 13.0. The van der Waals surface area contributed by atoms with Crippen LogP contribution in [0.25, 0.3) is 0 Å². The Morgan fingerprint density at radius 1 is 1.42 bits per heavy atom. The molecule has 1 saturated carbocycles. The van der Waals surface area contributed by atoms with Gasteiger partial charge < -0.3 is 11.1 Å². The lowest BCUT2D eigenvalue weighted by Crippen LogP contribution is -2.45. The molecule has 1 aliphatic carbocycles. The summed E-state index contributed by atoms with van der Waals surface area (Å²) in [5.41, 5.74) is 5.84. The summed E-state index contributed by atoms with van der Waals surface area (Å²) in [5.74, 6) is -0.712. The number of hydrogen-bond donors (Lipinski definition) is 2. The Morgan fingerprint density at radius 2 is 2.16 bits per heavy atom. The number of nitrogens with one attached hydrogen (secondary N) is 1. The van der Waals surface area contributed by atoms with E-state index in [1.165, 1.54) is 12.1 Å². The summed E-state index contributed by atoms with van der Waals surface area (Å²) in [6.45, 7) is 0. The zero-order chi connectivity index (χ0) is 13.8. The molecule has 0 unspecified atom stereocenters. The number of carbonyl (C=O) groups is 2. The lowest BCUT2D eigenvalue weighted by molar-refractivity contribution is -0.127. The van der Waals surface area contributed by atoms with Crippen LogP contribution in [0.1, 0.15) is 24.8 Å². The van der Waals surface area contributed by atoms with E-state index in [4.69, 9.17) is 5.73 Å². The first kappa shape index (κ1) is 13.5. The van der Waals surface area contributed by atoms with Crippen LogP contribution in [0.3, 0.4) is 0 Å². The van der Waals surface area contributed by atoms with Gasteiger partial charge in [0.1, 0.15) is 11.9 Å². The molecule has 3 N–H and O–H groups in total. The highest BCUT2D eigenvalue weighted by Gasteiger charge is 2.29. The zero-order valence-electron chi connectivity index (χ0n) is 10.6. The summed E-state index contributed by atoms with van der Waals surface area (Å²) < 4.78 is 13.0. The van der Waals surface area contributed by atoms with Gasteiger partial charge in [-0.05, 0) is 30.0 Å². The maximum Gasteiger partial charge on any atom is 0.240 e. The van der Waals surface area contributed by atoms with Gasteiger partial charge in [-0.2, -0.15) is 0 Å². The second-order valence-electron chi connectivity index (χ2n) is 5.01. The zero-order valence-corrected chi connectivity index (χ0v) is 10.6. The van der Waals surface area contributed by atoms with Crippen LogP contribution < -0.4 is 11.1 Å². The van der Waals surface area contributed by atoms with Gasteiger partial charge in [-0.1, -0.05) is 25.0 Å². The molecule has 1 aliphatic rings. The minimum atomic E-state index is -0.617. The fourth-order valence-electron chi connectivity index (χ4n) is 2.01. The Bertz CT molecular complexity index is 486. The summed E-state index contributed by atoms with van der Waals surface area (Å²) in [5, 5.41) is 2.62. The monoisotopic (exact) mass is 264 g/mol. The Balaban J connectivity index is 1.89. The van der Waals surface area contributed by atoms with E-state index >= 15 is 0 Å². The molecule has 4 nitrogen and oxygen atoms in total. The predicted molar refractivity (Wildman–Crippen MR) is 68.6 cm³/mol. The normalized spacial score (nSPS) is 15.8. The van der Waals surface area contributed by atoms with Crippen molar-refractivity contribution in [2.24, 2.45) is 11.7 Å². The molecule has 1 aromatic rings. The van der Waals surface area contributed by atoms with Crippen molar-refractivity contribution < 1.29 is 14.0 Å². The number of halogens is 1. The first-order valence-corrected chi connectivity index (χ1v) is 6.37. The van der Waals surface area contributed by atoms with Crippen LogP contribution in [-0.2, 0) is 16.0 Å². The number of carbonyl (C=O) groups excluding carboxylic acids is 2. The molecule has 0 spiro atoms. The number of primary amides is 1. The molecule has 19 heavy (non-hydrogen) atoms. The van der Waals surface area contributed by atoms with Crippen LogP contribution >= 0.6 is 0 Å². The topological polar surface area (TPSA) is 72.2 Å². The van der Waals surface area contributed by atoms with E-state index in [1.807, 2.05) is 0 Å². The molecule has 2 amide bonds. The van der Waals surface area contributed by atoms with Crippen molar-refractivity contribution in [1.82, 2.24) is 5.32 Å². The quantitative estimate of drug-likeness (QED) is 0.808. The fraction of sp³-hybridized carbons (Fsp3) is 0.429. The largest absolute Gasteiger partial charge is 0.368 e. The molecule has 0 aromatic heterocycles. The van der Waals surface area contributed by atoms with Gasteiger partial charge in [-0.3, -0.25) is 9.59 Å². The van der Waals surface area contributed by atoms with Crippen molar-refractivity contribution in [3.05, 3.63) is 35.6 Å². The molecular formula is C14H17FN2O2. The van der Waals surface area contributed by atoms with Gasteiger partial charge in [0.25, 0.3) is 0 Å². The number of benzene rings is 1.